The molecule has 38 heavy (non-hydrogen) atoms. The average Bonchev–Trinajstić information content (AvgIpc) is 3.34. The molecule has 0 atom stereocenters. The highest BCUT2D eigenvalue weighted by Crippen LogP contribution is 2.33. The van der Waals surface area contributed by atoms with Crippen LogP contribution in [-0.2, 0) is 7.05 Å². The van der Waals surface area contributed by atoms with E-state index in [0.29, 0.717) is 54.9 Å². The van der Waals surface area contributed by atoms with Crippen molar-refractivity contribution in [3.05, 3.63) is 66.0 Å². The van der Waals surface area contributed by atoms with Gasteiger partial charge in [0.1, 0.15) is 23.0 Å². The number of nitrogens with zero attached hydrogens (tertiary/aromatic N) is 7. The number of nitrogens with one attached hydrogen (secondary N) is 1. The molecule has 1 aromatic carbocycles. The van der Waals surface area contributed by atoms with Gasteiger partial charge in [0.2, 0.25) is 0 Å². The van der Waals surface area contributed by atoms with Gasteiger partial charge >= 0.3 is 0 Å². The second-order valence-electron chi connectivity index (χ2n) is 8.95. The van der Waals surface area contributed by atoms with Gasteiger partial charge < -0.3 is 24.6 Å². The summed E-state index contributed by atoms with van der Waals surface area (Å²) in [5.41, 5.74) is 2.85. The van der Waals surface area contributed by atoms with Gasteiger partial charge in [-0.15, -0.1) is 10.2 Å². The monoisotopic (exact) mass is 514 g/mol. The molecule has 1 aliphatic rings. The molecule has 4 aromatic rings. The van der Waals surface area contributed by atoms with Crippen molar-refractivity contribution in [1.82, 2.24) is 29.9 Å². The lowest BCUT2D eigenvalue weighted by Crippen LogP contribution is -2.49. The summed E-state index contributed by atoms with van der Waals surface area (Å²) < 4.78 is 12.5. The average molecular weight is 515 g/mol. The number of ether oxygens (including phenoxy) is 2. The third-order valence-corrected chi connectivity index (χ3v) is 6.47. The number of piperazine rings is 1. The largest absolute Gasteiger partial charge is 0.497 e. The Kier molecular flexibility index (Phi) is 7.07. The van der Waals surface area contributed by atoms with Crippen molar-refractivity contribution in [3.63, 3.8) is 0 Å². The van der Waals surface area contributed by atoms with Gasteiger partial charge in [-0.1, -0.05) is 6.07 Å². The highest BCUT2D eigenvalue weighted by Gasteiger charge is 2.26. The molecule has 0 spiro atoms. The number of carbonyl (C=O) groups is 1. The number of methoxy groups -OCH3 is 2. The zero-order valence-electron chi connectivity index (χ0n) is 21.9. The van der Waals surface area contributed by atoms with E-state index in [-0.39, 0.29) is 5.91 Å². The molecule has 1 fully saturated rings. The molecule has 0 saturated carbocycles. The third-order valence-electron chi connectivity index (χ3n) is 6.47. The molecule has 4 heterocycles. The molecule has 1 aliphatic heterocycles. The van der Waals surface area contributed by atoms with Crippen LogP contribution in [0.1, 0.15) is 16.2 Å². The topological polar surface area (TPSA) is 111 Å². The number of hydrogen-bond acceptors (Lipinski definition) is 9. The van der Waals surface area contributed by atoms with Crippen molar-refractivity contribution in [3.8, 4) is 22.8 Å². The zero-order valence-corrected chi connectivity index (χ0v) is 21.9. The van der Waals surface area contributed by atoms with Gasteiger partial charge in [0.25, 0.3) is 5.91 Å². The summed E-state index contributed by atoms with van der Waals surface area (Å²) in [7, 11) is 4.99. The van der Waals surface area contributed by atoms with Gasteiger partial charge in [0, 0.05) is 44.5 Å². The van der Waals surface area contributed by atoms with E-state index in [1.165, 1.54) is 0 Å². The first-order valence-corrected chi connectivity index (χ1v) is 12.3. The minimum absolute atomic E-state index is 0.0657. The minimum atomic E-state index is -0.0657. The highest BCUT2D eigenvalue weighted by molar-refractivity contribution is 5.94. The van der Waals surface area contributed by atoms with Gasteiger partial charge in [-0.3, -0.25) is 9.48 Å². The van der Waals surface area contributed by atoms with Crippen LogP contribution in [-0.4, -0.2) is 76.2 Å². The molecule has 1 amide bonds. The number of anilines is 3. The van der Waals surface area contributed by atoms with Crippen LogP contribution in [0, 0.1) is 6.92 Å². The second-order valence-corrected chi connectivity index (χ2v) is 8.95. The summed E-state index contributed by atoms with van der Waals surface area (Å²) in [5.74, 6) is 3.41. The van der Waals surface area contributed by atoms with Crippen molar-refractivity contribution in [2.45, 2.75) is 6.92 Å². The van der Waals surface area contributed by atoms with Crippen molar-refractivity contribution in [2.24, 2.45) is 7.05 Å². The molecule has 0 unspecified atom stereocenters. The Morgan fingerprint density at radius 2 is 1.74 bits per heavy atom. The van der Waals surface area contributed by atoms with Gasteiger partial charge in [-0.25, -0.2) is 4.98 Å². The van der Waals surface area contributed by atoms with Gasteiger partial charge in [0.05, 0.1) is 19.9 Å². The lowest BCUT2D eigenvalue weighted by Gasteiger charge is -2.35. The molecule has 3 aromatic heterocycles. The van der Waals surface area contributed by atoms with E-state index in [1.807, 2.05) is 60.4 Å². The summed E-state index contributed by atoms with van der Waals surface area (Å²) >= 11 is 0. The fraction of sp³-hybridized carbons (Fsp3) is 0.296. The summed E-state index contributed by atoms with van der Waals surface area (Å²) in [6.45, 7) is 4.38. The number of carbonyl (C=O) groups excluding carboxylic acids is 1. The van der Waals surface area contributed by atoms with Crippen LogP contribution >= 0.6 is 0 Å². The lowest BCUT2D eigenvalue weighted by atomic mass is 10.1. The Bertz CT molecular complexity index is 1430. The maximum absolute atomic E-state index is 13.4. The number of aromatic nitrogens is 5. The number of hydrogen-bond donors (Lipinski definition) is 1. The fourth-order valence-electron chi connectivity index (χ4n) is 4.42. The van der Waals surface area contributed by atoms with Crippen molar-refractivity contribution >= 4 is 23.4 Å². The Morgan fingerprint density at radius 1 is 0.921 bits per heavy atom. The second kappa shape index (κ2) is 10.8. The maximum atomic E-state index is 13.4. The van der Waals surface area contributed by atoms with Crippen molar-refractivity contribution < 1.29 is 14.3 Å². The van der Waals surface area contributed by atoms with Crippen LogP contribution in [0.15, 0.2) is 54.6 Å². The molecule has 1 saturated heterocycles. The van der Waals surface area contributed by atoms with E-state index in [2.05, 4.69) is 30.5 Å². The molecular formula is C27H30N8O3. The zero-order chi connectivity index (χ0) is 26.6. The predicted molar refractivity (Wildman–Crippen MR) is 144 cm³/mol. The maximum Gasteiger partial charge on any atom is 0.272 e. The van der Waals surface area contributed by atoms with E-state index in [9.17, 15) is 4.79 Å². The molecule has 1 N–H and O–H groups in total. The number of aryl methyl sites for hydroxylation is 2. The molecule has 5 rings (SSSR count). The Labute approximate surface area is 221 Å². The molecule has 11 heteroatoms. The first-order chi connectivity index (χ1) is 18.4. The molecular weight excluding hydrogens is 484 g/mol. The standard InChI is InChI=1S/C27H30N8O3/c1-18-6-5-7-24(28-18)29-25-10-11-26(31-30-25)34-12-14-35(15-13-34)27(36)22-17-21(32-33(22)2)20-16-19(37-3)8-9-23(20)38-4/h5-11,16-17H,12-15H2,1-4H3,(H,28,29,30). The first kappa shape index (κ1) is 25.0. The van der Waals surface area contributed by atoms with Crippen LogP contribution in [0.2, 0.25) is 0 Å². The molecule has 0 radical (unpaired) electrons. The SMILES string of the molecule is COc1ccc(OC)c(-c2cc(C(=O)N3CCN(c4ccc(Nc5cccc(C)n5)nn4)CC3)n(C)n2)c1. The Morgan fingerprint density at radius 3 is 2.42 bits per heavy atom. The van der Waals surface area contributed by atoms with Crippen molar-refractivity contribution in [1.29, 1.82) is 0 Å². The van der Waals surface area contributed by atoms with Crippen LogP contribution in [0.4, 0.5) is 17.5 Å². The van der Waals surface area contributed by atoms with E-state index in [0.717, 1.165) is 22.9 Å². The quantitative estimate of drug-likeness (QED) is 0.397. The predicted octanol–water partition coefficient (Wildman–Crippen LogP) is 3.30. The van der Waals surface area contributed by atoms with Crippen LogP contribution < -0.4 is 19.7 Å². The molecule has 0 bridgehead atoms. The molecule has 0 aliphatic carbocycles. The molecule has 11 nitrogen and oxygen atoms in total. The van der Waals surface area contributed by atoms with E-state index >= 15 is 0 Å². The smallest absolute Gasteiger partial charge is 0.272 e. The molecule has 196 valence electrons. The minimum Gasteiger partial charge on any atom is -0.497 e. The van der Waals surface area contributed by atoms with Crippen LogP contribution in [0.3, 0.4) is 0 Å². The van der Waals surface area contributed by atoms with Crippen LogP contribution in [0.25, 0.3) is 11.3 Å². The van der Waals surface area contributed by atoms with Crippen LogP contribution in [0.5, 0.6) is 11.5 Å². The number of rotatable bonds is 7. The summed E-state index contributed by atoms with van der Waals surface area (Å²) in [6.07, 6.45) is 0. The van der Waals surface area contributed by atoms with E-state index < -0.39 is 0 Å². The first-order valence-electron chi connectivity index (χ1n) is 12.3. The van der Waals surface area contributed by atoms with Gasteiger partial charge in [0.15, 0.2) is 11.6 Å². The van der Waals surface area contributed by atoms with Crippen molar-refractivity contribution in [2.75, 3.05) is 50.6 Å². The number of pyridine rings is 1. The number of benzene rings is 1. The Hall–Kier alpha value is -4.67. The van der Waals surface area contributed by atoms with Gasteiger partial charge in [-0.05, 0) is 55.5 Å². The van der Waals surface area contributed by atoms with E-state index in [1.54, 1.807) is 32.0 Å². The van der Waals surface area contributed by atoms with Gasteiger partial charge in [-0.2, -0.15) is 5.10 Å². The third kappa shape index (κ3) is 5.22. The Balaban J connectivity index is 1.23. The summed E-state index contributed by atoms with van der Waals surface area (Å²) in [4.78, 5) is 21.8. The summed E-state index contributed by atoms with van der Waals surface area (Å²) in [5, 5.41) is 16.4. The lowest BCUT2D eigenvalue weighted by molar-refractivity contribution is 0.0735. The summed E-state index contributed by atoms with van der Waals surface area (Å²) in [6, 6.07) is 16.9. The highest BCUT2D eigenvalue weighted by atomic mass is 16.5. The fourth-order valence-corrected chi connectivity index (χ4v) is 4.42. The number of amides is 1. The normalized spacial score (nSPS) is 13.4. The van der Waals surface area contributed by atoms with E-state index in [4.69, 9.17) is 9.47 Å².